The van der Waals surface area contributed by atoms with Gasteiger partial charge in [0.2, 0.25) is 5.13 Å². The molecule has 0 atom stereocenters. The normalized spacial score (nSPS) is 10.5. The van der Waals surface area contributed by atoms with Crippen LogP contribution in [-0.2, 0) is 0 Å². The molecule has 0 radical (unpaired) electrons. The van der Waals surface area contributed by atoms with Gasteiger partial charge in [-0.3, -0.25) is 0 Å². The minimum Gasteiger partial charge on any atom is -0.360 e. The molecule has 90 valence electrons. The van der Waals surface area contributed by atoms with Crippen LogP contribution in [0.5, 0.6) is 0 Å². The van der Waals surface area contributed by atoms with E-state index in [-0.39, 0.29) is 5.82 Å². The lowest BCUT2D eigenvalue weighted by atomic mass is 10.2. The van der Waals surface area contributed by atoms with Gasteiger partial charge >= 0.3 is 0 Å². The predicted octanol–water partition coefficient (Wildman–Crippen LogP) is 3.93. The number of nitrogens with zero attached hydrogens (tertiary/aromatic N) is 2. The van der Waals surface area contributed by atoms with Crippen molar-refractivity contribution in [3.63, 3.8) is 0 Å². The van der Waals surface area contributed by atoms with Crippen molar-refractivity contribution < 1.29 is 4.39 Å². The summed E-state index contributed by atoms with van der Waals surface area (Å²) in [5.74, 6) is -0.286. The Morgan fingerprint density at radius 2 is 2.24 bits per heavy atom. The van der Waals surface area contributed by atoms with Gasteiger partial charge in [-0.25, -0.2) is 4.39 Å². The van der Waals surface area contributed by atoms with Crippen LogP contribution in [0.4, 0.5) is 9.52 Å². The number of aromatic nitrogens is 2. The number of hydrogen-bond donors (Lipinski definition) is 1. The Morgan fingerprint density at radius 3 is 3.00 bits per heavy atom. The third-order valence-electron chi connectivity index (χ3n) is 2.11. The number of anilines is 1. The van der Waals surface area contributed by atoms with Crippen LogP contribution in [0, 0.1) is 5.82 Å². The van der Waals surface area contributed by atoms with E-state index in [1.807, 2.05) is 0 Å². The highest BCUT2D eigenvalue weighted by Gasteiger charge is 2.11. The van der Waals surface area contributed by atoms with E-state index in [1.165, 1.54) is 17.4 Å². The summed E-state index contributed by atoms with van der Waals surface area (Å²) in [7, 11) is 0. The lowest BCUT2D eigenvalue weighted by Gasteiger charge is -1.98. The summed E-state index contributed by atoms with van der Waals surface area (Å²) in [5, 5.41) is 12.4. The van der Waals surface area contributed by atoms with Crippen LogP contribution in [0.3, 0.4) is 0 Å². The van der Waals surface area contributed by atoms with Crippen molar-refractivity contribution in [2.75, 3.05) is 11.9 Å². The van der Waals surface area contributed by atoms with Crippen molar-refractivity contribution >= 4 is 32.4 Å². The molecule has 0 saturated heterocycles. The summed E-state index contributed by atoms with van der Waals surface area (Å²) in [5.41, 5.74) is 0.474. The Hall–Kier alpha value is -1.01. The van der Waals surface area contributed by atoms with Gasteiger partial charge in [0, 0.05) is 16.6 Å². The highest BCUT2D eigenvalue weighted by atomic mass is 79.9. The molecule has 1 heterocycles. The molecular weight excluding hydrogens is 305 g/mol. The Balaban J connectivity index is 2.27. The van der Waals surface area contributed by atoms with Gasteiger partial charge in [-0.1, -0.05) is 34.2 Å². The summed E-state index contributed by atoms with van der Waals surface area (Å²) in [6.45, 7) is 2.92. The Labute approximate surface area is 111 Å². The third kappa shape index (κ3) is 3.01. The molecule has 6 heteroatoms. The van der Waals surface area contributed by atoms with E-state index >= 15 is 0 Å². The predicted molar refractivity (Wildman–Crippen MR) is 71.8 cm³/mol. The molecular formula is C11H11BrFN3S. The number of nitrogens with one attached hydrogen (secondary N) is 1. The fraction of sp³-hybridized carbons (Fsp3) is 0.273. The molecule has 0 fully saturated rings. The Morgan fingerprint density at radius 1 is 1.41 bits per heavy atom. The molecule has 0 aliphatic heterocycles. The van der Waals surface area contributed by atoms with Crippen LogP contribution in [-0.4, -0.2) is 16.7 Å². The Bertz CT molecular complexity index is 515. The minimum absolute atomic E-state index is 0.286. The summed E-state index contributed by atoms with van der Waals surface area (Å²) in [4.78, 5) is 0. The van der Waals surface area contributed by atoms with Gasteiger partial charge in [0.15, 0.2) is 5.01 Å². The van der Waals surface area contributed by atoms with Crippen molar-refractivity contribution in [3.8, 4) is 10.6 Å². The summed E-state index contributed by atoms with van der Waals surface area (Å²) < 4.78 is 14.4. The highest BCUT2D eigenvalue weighted by Crippen LogP contribution is 2.30. The van der Waals surface area contributed by atoms with Crippen molar-refractivity contribution in [3.05, 3.63) is 28.5 Å². The molecule has 0 unspecified atom stereocenters. The van der Waals surface area contributed by atoms with Crippen LogP contribution >= 0.6 is 27.3 Å². The summed E-state index contributed by atoms with van der Waals surface area (Å²) in [6, 6.07) is 4.79. The first-order valence-electron chi connectivity index (χ1n) is 5.23. The molecule has 1 aromatic heterocycles. The third-order valence-corrected chi connectivity index (χ3v) is 3.52. The molecule has 3 nitrogen and oxygen atoms in total. The van der Waals surface area contributed by atoms with Crippen LogP contribution in [0.25, 0.3) is 10.6 Å². The van der Waals surface area contributed by atoms with E-state index in [0.29, 0.717) is 10.6 Å². The summed E-state index contributed by atoms with van der Waals surface area (Å²) >= 11 is 4.67. The second-order valence-corrected chi connectivity index (χ2v) is 5.36. The first-order valence-corrected chi connectivity index (χ1v) is 6.84. The number of hydrogen-bond acceptors (Lipinski definition) is 4. The number of benzene rings is 1. The topological polar surface area (TPSA) is 37.8 Å². The second kappa shape index (κ2) is 5.55. The van der Waals surface area contributed by atoms with Gasteiger partial charge in [-0.05, 0) is 24.6 Å². The largest absolute Gasteiger partial charge is 0.360 e. The first-order chi connectivity index (χ1) is 8.20. The van der Waals surface area contributed by atoms with Crippen LogP contribution in [0.15, 0.2) is 22.7 Å². The zero-order valence-electron chi connectivity index (χ0n) is 9.20. The molecule has 0 amide bonds. The zero-order valence-corrected chi connectivity index (χ0v) is 11.6. The van der Waals surface area contributed by atoms with E-state index in [2.05, 4.69) is 38.4 Å². The molecule has 0 spiro atoms. The van der Waals surface area contributed by atoms with Crippen LogP contribution in [0.1, 0.15) is 13.3 Å². The lowest BCUT2D eigenvalue weighted by molar-refractivity contribution is 0.630. The average Bonchev–Trinajstić information content (AvgIpc) is 2.78. The monoisotopic (exact) mass is 315 g/mol. The SMILES string of the molecule is CCCNc1nnc(-c2cc(Br)ccc2F)s1. The van der Waals surface area contributed by atoms with Gasteiger partial charge in [-0.2, -0.15) is 0 Å². The molecule has 2 rings (SSSR count). The average molecular weight is 316 g/mol. The maximum absolute atomic E-state index is 13.6. The van der Waals surface area contributed by atoms with Gasteiger partial charge in [0.25, 0.3) is 0 Å². The maximum atomic E-state index is 13.6. The van der Waals surface area contributed by atoms with Crippen molar-refractivity contribution in [1.82, 2.24) is 10.2 Å². The van der Waals surface area contributed by atoms with E-state index < -0.39 is 0 Å². The van der Waals surface area contributed by atoms with Gasteiger partial charge in [0.05, 0.1) is 0 Å². The summed E-state index contributed by atoms with van der Waals surface area (Å²) in [6.07, 6.45) is 1.01. The molecule has 1 aromatic carbocycles. The Kier molecular flexibility index (Phi) is 4.06. The van der Waals surface area contributed by atoms with Gasteiger partial charge in [-0.15, -0.1) is 10.2 Å². The van der Waals surface area contributed by atoms with E-state index in [0.717, 1.165) is 22.6 Å². The fourth-order valence-electron chi connectivity index (χ4n) is 1.30. The second-order valence-electron chi connectivity index (χ2n) is 3.46. The highest BCUT2D eigenvalue weighted by molar-refractivity contribution is 9.10. The van der Waals surface area contributed by atoms with E-state index in [4.69, 9.17) is 0 Å². The zero-order chi connectivity index (χ0) is 12.3. The quantitative estimate of drug-likeness (QED) is 0.929. The molecule has 2 aromatic rings. The molecule has 1 N–H and O–H groups in total. The molecule has 0 saturated carbocycles. The first kappa shape index (κ1) is 12.4. The van der Waals surface area contributed by atoms with Crippen LogP contribution < -0.4 is 5.32 Å². The molecule has 0 aliphatic rings. The van der Waals surface area contributed by atoms with Crippen LogP contribution in [0.2, 0.25) is 0 Å². The maximum Gasteiger partial charge on any atom is 0.206 e. The number of halogens is 2. The van der Waals surface area contributed by atoms with E-state index in [9.17, 15) is 4.39 Å². The van der Waals surface area contributed by atoms with Crippen molar-refractivity contribution in [1.29, 1.82) is 0 Å². The fourth-order valence-corrected chi connectivity index (χ4v) is 2.44. The minimum atomic E-state index is -0.286. The molecule has 17 heavy (non-hydrogen) atoms. The van der Waals surface area contributed by atoms with Gasteiger partial charge in [0.1, 0.15) is 5.82 Å². The van der Waals surface area contributed by atoms with E-state index in [1.54, 1.807) is 12.1 Å². The van der Waals surface area contributed by atoms with Crippen molar-refractivity contribution in [2.45, 2.75) is 13.3 Å². The number of rotatable bonds is 4. The standard InChI is InChI=1S/C11H11BrFN3S/c1-2-5-14-11-16-15-10(17-11)8-6-7(12)3-4-9(8)13/h3-4,6H,2,5H2,1H3,(H,14,16). The lowest BCUT2D eigenvalue weighted by Crippen LogP contribution is -1.98. The smallest absolute Gasteiger partial charge is 0.206 e. The molecule has 0 aliphatic carbocycles. The van der Waals surface area contributed by atoms with Crippen molar-refractivity contribution in [2.24, 2.45) is 0 Å². The van der Waals surface area contributed by atoms with Gasteiger partial charge < -0.3 is 5.32 Å². The molecule has 0 bridgehead atoms.